The maximum absolute atomic E-state index is 11.5. The summed E-state index contributed by atoms with van der Waals surface area (Å²) in [6.07, 6.45) is 5.65. The molecule has 0 radical (unpaired) electrons. The molecule has 0 aromatic heterocycles. The van der Waals surface area contributed by atoms with Crippen LogP contribution in [-0.2, 0) is 4.79 Å². The van der Waals surface area contributed by atoms with Gasteiger partial charge in [0.1, 0.15) is 0 Å². The van der Waals surface area contributed by atoms with E-state index < -0.39 is 11.4 Å². The first-order valence-corrected chi connectivity index (χ1v) is 5.21. The van der Waals surface area contributed by atoms with E-state index in [0.29, 0.717) is 6.42 Å². The minimum atomic E-state index is -0.651. The van der Waals surface area contributed by atoms with Crippen LogP contribution in [-0.4, -0.2) is 11.1 Å². The molecule has 2 unspecified atom stereocenters. The Labute approximate surface area is 86.0 Å². The van der Waals surface area contributed by atoms with Gasteiger partial charge in [0.05, 0.1) is 5.41 Å². The molecular formula is C12H20O2. The molecule has 0 heterocycles. The van der Waals surface area contributed by atoms with Crippen LogP contribution in [0.15, 0.2) is 12.2 Å². The molecule has 0 aliphatic heterocycles. The lowest BCUT2D eigenvalue weighted by atomic mass is 9.56. The zero-order chi connectivity index (χ0) is 11.0. The number of carboxylic acids is 1. The third kappa shape index (κ3) is 1.47. The fourth-order valence-electron chi connectivity index (χ4n) is 2.64. The van der Waals surface area contributed by atoms with Gasteiger partial charge in [-0.1, -0.05) is 39.8 Å². The van der Waals surface area contributed by atoms with E-state index in [1.54, 1.807) is 0 Å². The number of hydrogen-bond acceptors (Lipinski definition) is 1. The van der Waals surface area contributed by atoms with Gasteiger partial charge in [-0.05, 0) is 24.2 Å². The molecule has 2 atom stereocenters. The fraction of sp³-hybridized carbons (Fsp3) is 0.750. The van der Waals surface area contributed by atoms with Crippen LogP contribution < -0.4 is 0 Å². The van der Waals surface area contributed by atoms with Crippen LogP contribution in [0.4, 0.5) is 0 Å². The second-order valence-electron chi connectivity index (χ2n) is 5.34. The Morgan fingerprint density at radius 1 is 1.43 bits per heavy atom. The summed E-state index contributed by atoms with van der Waals surface area (Å²) in [5, 5.41) is 9.46. The third-order valence-corrected chi connectivity index (χ3v) is 3.66. The molecule has 80 valence electrons. The second-order valence-corrected chi connectivity index (χ2v) is 5.34. The van der Waals surface area contributed by atoms with E-state index in [-0.39, 0.29) is 11.3 Å². The van der Waals surface area contributed by atoms with Crippen LogP contribution in [0.2, 0.25) is 0 Å². The molecule has 0 saturated carbocycles. The van der Waals surface area contributed by atoms with Crippen molar-refractivity contribution in [1.82, 2.24) is 0 Å². The Kier molecular flexibility index (Phi) is 2.75. The van der Waals surface area contributed by atoms with Gasteiger partial charge in [-0.2, -0.15) is 0 Å². The molecule has 2 heteroatoms. The first-order chi connectivity index (χ1) is 6.32. The quantitative estimate of drug-likeness (QED) is 0.654. The van der Waals surface area contributed by atoms with Crippen molar-refractivity contribution < 1.29 is 9.90 Å². The Morgan fingerprint density at radius 3 is 2.29 bits per heavy atom. The largest absolute Gasteiger partial charge is 0.481 e. The molecule has 0 aromatic carbocycles. The van der Waals surface area contributed by atoms with Crippen LogP contribution in [0.1, 0.15) is 40.5 Å². The lowest BCUT2D eigenvalue weighted by Crippen LogP contribution is -2.48. The summed E-state index contributed by atoms with van der Waals surface area (Å²) in [7, 11) is 0. The van der Waals surface area contributed by atoms with Crippen LogP contribution in [0.25, 0.3) is 0 Å². The molecule has 0 bridgehead atoms. The molecule has 1 N–H and O–H groups in total. The van der Waals surface area contributed by atoms with Crippen LogP contribution in [0, 0.1) is 16.7 Å². The van der Waals surface area contributed by atoms with E-state index >= 15 is 0 Å². The van der Waals surface area contributed by atoms with E-state index in [1.165, 1.54) is 0 Å². The summed E-state index contributed by atoms with van der Waals surface area (Å²) in [4.78, 5) is 11.5. The van der Waals surface area contributed by atoms with Crippen molar-refractivity contribution in [3.63, 3.8) is 0 Å². The normalized spacial score (nSPS) is 33.0. The second kappa shape index (κ2) is 3.41. The highest BCUT2D eigenvalue weighted by Gasteiger charge is 2.52. The van der Waals surface area contributed by atoms with E-state index in [0.717, 1.165) is 6.42 Å². The third-order valence-electron chi connectivity index (χ3n) is 3.66. The predicted molar refractivity (Wildman–Crippen MR) is 57.1 cm³/mol. The lowest BCUT2D eigenvalue weighted by molar-refractivity contribution is -0.162. The predicted octanol–water partition coefficient (Wildman–Crippen LogP) is 3.09. The van der Waals surface area contributed by atoms with Crippen LogP contribution in [0.5, 0.6) is 0 Å². The number of carbonyl (C=O) groups is 1. The fourth-order valence-corrected chi connectivity index (χ4v) is 2.64. The summed E-state index contributed by atoms with van der Waals surface area (Å²) >= 11 is 0. The molecule has 1 rings (SSSR count). The summed E-state index contributed by atoms with van der Waals surface area (Å²) in [5.74, 6) is -0.438. The molecule has 1 aliphatic carbocycles. The molecule has 1 aliphatic rings. The first kappa shape index (κ1) is 11.3. The van der Waals surface area contributed by atoms with Crippen molar-refractivity contribution in [3.8, 4) is 0 Å². The summed E-state index contributed by atoms with van der Waals surface area (Å²) in [5.41, 5.74) is -0.787. The van der Waals surface area contributed by atoms with Crippen molar-refractivity contribution in [2.24, 2.45) is 16.7 Å². The Balaban J connectivity index is 3.16. The Morgan fingerprint density at radius 2 is 2.00 bits per heavy atom. The topological polar surface area (TPSA) is 37.3 Å². The van der Waals surface area contributed by atoms with Gasteiger partial charge in [0, 0.05) is 0 Å². The number of allylic oxidation sites excluding steroid dienone is 2. The van der Waals surface area contributed by atoms with Crippen molar-refractivity contribution in [2.45, 2.75) is 40.5 Å². The average molecular weight is 196 g/mol. The SMILES string of the molecule is CC1CC=CCC1(C(=O)O)C(C)(C)C. The van der Waals surface area contributed by atoms with E-state index in [2.05, 4.69) is 6.08 Å². The highest BCUT2D eigenvalue weighted by Crippen LogP contribution is 2.51. The number of hydrogen-bond donors (Lipinski definition) is 1. The summed E-state index contributed by atoms with van der Waals surface area (Å²) < 4.78 is 0. The summed E-state index contributed by atoms with van der Waals surface area (Å²) in [6.45, 7) is 8.12. The van der Waals surface area contributed by atoms with Crippen LogP contribution in [0.3, 0.4) is 0 Å². The van der Waals surface area contributed by atoms with Gasteiger partial charge in [0.2, 0.25) is 0 Å². The van der Waals surface area contributed by atoms with E-state index in [1.807, 2.05) is 33.8 Å². The molecule has 2 nitrogen and oxygen atoms in total. The Hall–Kier alpha value is -0.790. The highest BCUT2D eigenvalue weighted by atomic mass is 16.4. The number of carboxylic acid groups (broad SMARTS) is 1. The maximum Gasteiger partial charge on any atom is 0.310 e. The maximum atomic E-state index is 11.5. The smallest absolute Gasteiger partial charge is 0.310 e. The number of rotatable bonds is 1. The van der Waals surface area contributed by atoms with Crippen LogP contribution >= 0.6 is 0 Å². The van der Waals surface area contributed by atoms with Gasteiger partial charge in [0.15, 0.2) is 0 Å². The standard InChI is InChI=1S/C12H20O2/c1-9-7-5-6-8-12(9,10(13)14)11(2,3)4/h5-6,9H,7-8H2,1-4H3,(H,13,14). The van der Waals surface area contributed by atoms with E-state index in [9.17, 15) is 9.90 Å². The van der Waals surface area contributed by atoms with Crippen molar-refractivity contribution >= 4 is 5.97 Å². The van der Waals surface area contributed by atoms with Crippen molar-refractivity contribution in [3.05, 3.63) is 12.2 Å². The highest BCUT2D eigenvalue weighted by molar-refractivity contribution is 5.76. The van der Waals surface area contributed by atoms with Gasteiger partial charge in [-0.25, -0.2) is 0 Å². The van der Waals surface area contributed by atoms with Crippen molar-refractivity contribution in [1.29, 1.82) is 0 Å². The van der Waals surface area contributed by atoms with Gasteiger partial charge < -0.3 is 5.11 Å². The Bertz CT molecular complexity index is 260. The average Bonchev–Trinajstić information content (AvgIpc) is 2.02. The zero-order valence-corrected chi connectivity index (χ0v) is 9.50. The van der Waals surface area contributed by atoms with Gasteiger partial charge in [-0.3, -0.25) is 4.79 Å². The summed E-state index contributed by atoms with van der Waals surface area (Å²) in [6, 6.07) is 0. The zero-order valence-electron chi connectivity index (χ0n) is 9.50. The molecule has 0 saturated heterocycles. The molecular weight excluding hydrogens is 176 g/mol. The van der Waals surface area contributed by atoms with Gasteiger partial charge >= 0.3 is 5.97 Å². The minimum Gasteiger partial charge on any atom is -0.481 e. The van der Waals surface area contributed by atoms with E-state index in [4.69, 9.17) is 0 Å². The number of aliphatic carboxylic acids is 1. The molecule has 0 aromatic rings. The molecule has 14 heavy (non-hydrogen) atoms. The molecule has 0 amide bonds. The first-order valence-electron chi connectivity index (χ1n) is 5.21. The molecule has 0 spiro atoms. The van der Waals surface area contributed by atoms with Gasteiger partial charge in [-0.15, -0.1) is 0 Å². The molecule has 0 fully saturated rings. The minimum absolute atomic E-state index is 0.191. The lowest BCUT2D eigenvalue weighted by Gasteiger charge is -2.46. The van der Waals surface area contributed by atoms with Crippen molar-refractivity contribution in [2.75, 3.05) is 0 Å². The van der Waals surface area contributed by atoms with Gasteiger partial charge in [0.25, 0.3) is 0 Å². The monoisotopic (exact) mass is 196 g/mol.